The molecule has 0 fully saturated rings. The van der Waals surface area contributed by atoms with Crippen LogP contribution in [-0.4, -0.2) is 16.8 Å². The highest BCUT2D eigenvalue weighted by atomic mass is 19.2. The van der Waals surface area contributed by atoms with Crippen LogP contribution < -0.4 is 11.1 Å². The molecule has 7 heteroatoms. The number of carbonyl (C=O) groups is 2. The number of aldehydes is 1. The van der Waals surface area contributed by atoms with Crippen molar-refractivity contribution in [2.75, 3.05) is 0 Å². The normalized spacial score (nSPS) is 11.7. The number of benzene rings is 2. The molecule has 0 saturated carbocycles. The van der Waals surface area contributed by atoms with Crippen molar-refractivity contribution >= 4 is 23.1 Å². The number of fused-ring (bicyclic) bond motifs is 1. The predicted molar refractivity (Wildman–Crippen MR) is 131 cm³/mol. The first-order valence-electron chi connectivity index (χ1n) is 10.8. The first kappa shape index (κ1) is 24.6. The molecule has 0 aliphatic heterocycles. The minimum atomic E-state index is -0.969. The van der Waals surface area contributed by atoms with Gasteiger partial charge in [-0.2, -0.15) is 0 Å². The minimum absolute atomic E-state index is 0.0307. The number of hydrogen-bond donors (Lipinski definition) is 2. The molecule has 1 amide bonds. The molecule has 34 heavy (non-hydrogen) atoms. The van der Waals surface area contributed by atoms with Crippen molar-refractivity contribution in [2.45, 2.75) is 32.9 Å². The van der Waals surface area contributed by atoms with Crippen LogP contribution in [-0.2, 0) is 13.1 Å². The average Bonchev–Trinajstić information content (AvgIpc) is 3.13. The molecule has 3 aromatic rings. The molecule has 0 saturated heterocycles. The molecule has 0 aliphatic carbocycles. The zero-order chi connectivity index (χ0) is 24.8. The van der Waals surface area contributed by atoms with Gasteiger partial charge in [0, 0.05) is 29.7 Å². The first-order valence-corrected chi connectivity index (χ1v) is 10.8. The lowest BCUT2D eigenvalue weighted by molar-refractivity contribution is 0.0950. The zero-order valence-corrected chi connectivity index (χ0v) is 19.1. The van der Waals surface area contributed by atoms with Crippen LogP contribution in [0.4, 0.5) is 8.78 Å². The van der Waals surface area contributed by atoms with Gasteiger partial charge in [-0.15, -0.1) is 0 Å². The number of carbonyl (C=O) groups excluding carboxylic acids is 2. The zero-order valence-electron chi connectivity index (χ0n) is 19.1. The number of amides is 1. The number of halogens is 2. The predicted octanol–water partition coefficient (Wildman–Crippen LogP) is 5.37. The van der Waals surface area contributed by atoms with Gasteiger partial charge in [0.1, 0.15) is 6.29 Å². The maximum absolute atomic E-state index is 13.6. The summed E-state index contributed by atoms with van der Waals surface area (Å²) in [7, 11) is 0. The number of rotatable bonds is 9. The Bertz CT molecular complexity index is 1300. The molecule has 0 atom stereocenters. The molecule has 2 aromatic carbocycles. The van der Waals surface area contributed by atoms with Gasteiger partial charge in [0.2, 0.25) is 0 Å². The number of nitrogens with two attached hydrogens (primary N) is 1. The third-order valence-electron chi connectivity index (χ3n) is 5.39. The van der Waals surface area contributed by atoms with Gasteiger partial charge in [-0.3, -0.25) is 9.59 Å². The molecule has 176 valence electrons. The van der Waals surface area contributed by atoms with Crippen molar-refractivity contribution in [1.82, 2.24) is 9.88 Å². The Morgan fingerprint density at radius 3 is 2.56 bits per heavy atom. The molecule has 1 aromatic heterocycles. The lowest BCUT2D eigenvalue weighted by Gasteiger charge is -2.16. The van der Waals surface area contributed by atoms with E-state index in [1.807, 2.05) is 24.5 Å². The summed E-state index contributed by atoms with van der Waals surface area (Å²) >= 11 is 0. The second-order valence-corrected chi connectivity index (χ2v) is 8.23. The fraction of sp³-hybridized carbons (Fsp3) is 0.185. The van der Waals surface area contributed by atoms with Crippen molar-refractivity contribution in [1.29, 1.82) is 0 Å². The van der Waals surface area contributed by atoms with Gasteiger partial charge in [-0.05, 0) is 47.5 Å². The van der Waals surface area contributed by atoms with E-state index >= 15 is 0 Å². The van der Waals surface area contributed by atoms with E-state index in [-0.39, 0.29) is 18.4 Å². The highest BCUT2D eigenvalue weighted by Crippen LogP contribution is 2.33. The third kappa shape index (κ3) is 5.31. The van der Waals surface area contributed by atoms with Crippen molar-refractivity contribution in [2.24, 2.45) is 5.73 Å². The molecule has 1 heterocycles. The molecular formula is C27H27F2N3O2. The Kier molecular flexibility index (Phi) is 7.79. The summed E-state index contributed by atoms with van der Waals surface area (Å²) in [4.78, 5) is 24.8. The Labute approximate surface area is 197 Å². The summed E-state index contributed by atoms with van der Waals surface area (Å²) in [5, 5.41) is 3.51. The maximum atomic E-state index is 13.6. The number of hydrogen-bond acceptors (Lipinski definition) is 3. The molecule has 5 nitrogen and oxygen atoms in total. The highest BCUT2D eigenvalue weighted by molar-refractivity contribution is 6.09. The monoisotopic (exact) mass is 463 g/mol. The Morgan fingerprint density at radius 2 is 1.91 bits per heavy atom. The fourth-order valence-electron chi connectivity index (χ4n) is 3.90. The van der Waals surface area contributed by atoms with E-state index in [2.05, 4.69) is 11.9 Å². The number of aromatic nitrogens is 1. The lowest BCUT2D eigenvalue weighted by atomic mass is 10.0. The summed E-state index contributed by atoms with van der Waals surface area (Å²) in [6.07, 6.45) is 7.46. The van der Waals surface area contributed by atoms with Gasteiger partial charge < -0.3 is 15.6 Å². The van der Waals surface area contributed by atoms with Gasteiger partial charge in [-0.25, -0.2) is 8.78 Å². The van der Waals surface area contributed by atoms with Crippen molar-refractivity contribution < 1.29 is 18.4 Å². The van der Waals surface area contributed by atoms with E-state index in [0.29, 0.717) is 28.6 Å². The fourth-order valence-corrected chi connectivity index (χ4v) is 3.90. The van der Waals surface area contributed by atoms with Crippen LogP contribution in [0.5, 0.6) is 0 Å². The summed E-state index contributed by atoms with van der Waals surface area (Å²) in [6.45, 7) is 8.49. The van der Waals surface area contributed by atoms with Crippen LogP contribution in [0.15, 0.2) is 73.0 Å². The molecule has 0 bridgehead atoms. The number of nitrogens with one attached hydrogen (secondary N) is 1. The van der Waals surface area contributed by atoms with E-state index in [0.717, 1.165) is 35.2 Å². The summed E-state index contributed by atoms with van der Waals surface area (Å²) < 4.78 is 28.8. The maximum Gasteiger partial charge on any atom is 0.254 e. The molecular weight excluding hydrogens is 436 g/mol. The van der Waals surface area contributed by atoms with E-state index in [4.69, 9.17) is 5.73 Å². The van der Waals surface area contributed by atoms with Gasteiger partial charge in [0.25, 0.3) is 5.91 Å². The quantitative estimate of drug-likeness (QED) is 0.331. The Balaban J connectivity index is 2.06. The van der Waals surface area contributed by atoms with E-state index in [9.17, 15) is 18.4 Å². The third-order valence-corrected chi connectivity index (χ3v) is 5.39. The Hall–Kier alpha value is -4.00. The molecule has 3 N–H and O–H groups in total. The Morgan fingerprint density at radius 1 is 1.15 bits per heavy atom. The first-order chi connectivity index (χ1) is 16.3. The smallest absolute Gasteiger partial charge is 0.254 e. The second-order valence-electron chi connectivity index (χ2n) is 8.23. The molecule has 0 aliphatic rings. The summed E-state index contributed by atoms with van der Waals surface area (Å²) in [5.74, 6) is -2.29. The van der Waals surface area contributed by atoms with Crippen LogP contribution in [0.2, 0.25) is 0 Å². The number of nitrogens with zero attached hydrogens (tertiary/aromatic N) is 1. The van der Waals surface area contributed by atoms with Crippen LogP contribution in [0.3, 0.4) is 0 Å². The van der Waals surface area contributed by atoms with Crippen molar-refractivity contribution in [3.05, 3.63) is 107 Å². The van der Waals surface area contributed by atoms with Crippen LogP contribution in [0.25, 0.3) is 10.9 Å². The second kappa shape index (κ2) is 10.7. The van der Waals surface area contributed by atoms with E-state index in [1.54, 1.807) is 30.4 Å². The van der Waals surface area contributed by atoms with Crippen LogP contribution in [0, 0.1) is 11.6 Å². The summed E-state index contributed by atoms with van der Waals surface area (Å²) in [6, 6.07) is 8.68. The van der Waals surface area contributed by atoms with Crippen molar-refractivity contribution in [3.8, 4) is 0 Å². The van der Waals surface area contributed by atoms with Gasteiger partial charge in [0.15, 0.2) is 11.6 Å². The largest absolute Gasteiger partial charge is 0.405 e. The average molecular weight is 464 g/mol. The summed E-state index contributed by atoms with van der Waals surface area (Å²) in [5.41, 5.74) is 9.08. The van der Waals surface area contributed by atoms with Gasteiger partial charge >= 0.3 is 0 Å². The van der Waals surface area contributed by atoms with Crippen molar-refractivity contribution in [3.63, 3.8) is 0 Å². The molecule has 3 rings (SSSR count). The molecule has 0 radical (unpaired) electrons. The van der Waals surface area contributed by atoms with E-state index < -0.39 is 11.6 Å². The van der Waals surface area contributed by atoms with Gasteiger partial charge in [-0.1, -0.05) is 50.8 Å². The molecule has 0 spiro atoms. The SMILES string of the molecule is C=C(/C=C\C=C/N)Cn1c(C(C)C)c(C(=O)NCc2ccc(F)c(F)c2)c2ccc(C=O)cc21. The van der Waals surface area contributed by atoms with Gasteiger partial charge in [0.05, 0.1) is 11.1 Å². The lowest BCUT2D eigenvalue weighted by Crippen LogP contribution is -2.24. The molecule has 0 unspecified atom stereocenters. The topological polar surface area (TPSA) is 77.1 Å². The van der Waals surface area contributed by atoms with Crippen LogP contribution in [0.1, 0.15) is 51.7 Å². The number of allylic oxidation sites excluding steroid dienone is 4. The minimum Gasteiger partial charge on any atom is -0.405 e. The van der Waals surface area contributed by atoms with E-state index in [1.165, 1.54) is 12.3 Å². The highest BCUT2D eigenvalue weighted by Gasteiger charge is 2.25. The van der Waals surface area contributed by atoms with Crippen LogP contribution >= 0.6 is 0 Å². The standard InChI is InChI=1S/C27H27F2N3O2/c1-17(2)26-25(27(34)31-14-19-8-10-22(28)23(29)12-19)21-9-7-20(16-33)13-24(21)32(26)15-18(3)6-4-5-11-30/h4-13,16-17H,3,14-15,30H2,1-2H3,(H,31,34)/b6-4-,11-5-.